The smallest absolute Gasteiger partial charge is 0.192 e. The summed E-state index contributed by atoms with van der Waals surface area (Å²) in [5.74, 6) is -0.0250. The highest BCUT2D eigenvalue weighted by atomic mass is 28.4. The number of rotatable bonds is 10. The lowest BCUT2D eigenvalue weighted by Crippen LogP contribution is -2.43. The largest absolute Gasteiger partial charge is 0.413 e. The quantitative estimate of drug-likeness (QED) is 0.229. The minimum Gasteiger partial charge on any atom is -0.413 e. The first-order valence-corrected chi connectivity index (χ1v) is 13.7. The van der Waals surface area contributed by atoms with Gasteiger partial charge in [-0.15, -0.1) is 0 Å². The molecule has 0 heterocycles. The lowest BCUT2D eigenvalue weighted by molar-refractivity contribution is 0.103. The topological polar surface area (TPSA) is 43.4 Å². The van der Waals surface area contributed by atoms with Crippen LogP contribution in [0.1, 0.15) is 54.3 Å². The zero-order valence-corrected chi connectivity index (χ0v) is 20.3. The van der Waals surface area contributed by atoms with Crippen LogP contribution in [0.25, 0.3) is 0 Å². The number of ketones is 2. The molecule has 0 aliphatic heterocycles. The third-order valence-electron chi connectivity index (χ3n) is 5.72. The normalized spacial score (nSPS) is 12.7. The fourth-order valence-corrected chi connectivity index (χ4v) is 4.22. The summed E-state index contributed by atoms with van der Waals surface area (Å²) in [6.07, 6.45) is 8.18. The van der Waals surface area contributed by atoms with E-state index in [1.807, 2.05) is 72.8 Å². The van der Waals surface area contributed by atoms with E-state index in [2.05, 4.69) is 33.9 Å². The van der Waals surface area contributed by atoms with E-state index >= 15 is 0 Å². The first kappa shape index (κ1) is 24.7. The molecule has 0 saturated heterocycles. The maximum atomic E-state index is 12.4. The maximum Gasteiger partial charge on any atom is 0.192 e. The maximum absolute atomic E-state index is 12.4. The molecule has 31 heavy (non-hydrogen) atoms. The average molecular weight is 435 g/mol. The standard InChI is InChI=1S/C27H34O3Si/c1-27(2,3)31(4,5)30-24(18-12-20-25(28)22-14-8-6-9-15-22)19-13-21-26(29)23-16-10-7-11-17-23/h6-17,20-21,24H,18-19H2,1-5H3/b20-12+,21-13+. The molecule has 2 rings (SSSR count). The van der Waals surface area contributed by atoms with E-state index in [9.17, 15) is 9.59 Å². The van der Waals surface area contributed by atoms with Crippen LogP contribution >= 0.6 is 0 Å². The molecular weight excluding hydrogens is 400 g/mol. The number of allylic oxidation sites excluding steroid dienone is 2. The van der Waals surface area contributed by atoms with Gasteiger partial charge in [-0.05, 0) is 43.1 Å². The Bertz CT molecular complexity index is 843. The monoisotopic (exact) mass is 434 g/mol. The second-order valence-corrected chi connectivity index (χ2v) is 14.0. The van der Waals surface area contributed by atoms with E-state index in [4.69, 9.17) is 4.43 Å². The lowest BCUT2D eigenvalue weighted by atomic mass is 10.1. The highest BCUT2D eigenvalue weighted by molar-refractivity contribution is 6.74. The van der Waals surface area contributed by atoms with Crippen LogP contribution in [0.5, 0.6) is 0 Å². The predicted octanol–water partition coefficient (Wildman–Crippen LogP) is 7.04. The zero-order valence-electron chi connectivity index (χ0n) is 19.3. The van der Waals surface area contributed by atoms with Gasteiger partial charge in [-0.2, -0.15) is 0 Å². The molecule has 2 aromatic carbocycles. The van der Waals surface area contributed by atoms with Crippen molar-refractivity contribution in [1.82, 2.24) is 0 Å². The first-order valence-electron chi connectivity index (χ1n) is 10.8. The number of carbonyl (C=O) groups excluding carboxylic acids is 2. The summed E-state index contributed by atoms with van der Waals surface area (Å²) < 4.78 is 6.59. The van der Waals surface area contributed by atoms with Crippen molar-refractivity contribution in [2.45, 2.75) is 57.8 Å². The van der Waals surface area contributed by atoms with Crippen molar-refractivity contribution in [3.05, 3.63) is 96.1 Å². The Labute approximate surface area is 188 Å². The molecule has 0 saturated carbocycles. The Morgan fingerprint density at radius 2 is 1.19 bits per heavy atom. The summed E-state index contributed by atoms with van der Waals surface area (Å²) in [7, 11) is -1.99. The first-order chi connectivity index (χ1) is 14.6. The van der Waals surface area contributed by atoms with Gasteiger partial charge in [0.2, 0.25) is 0 Å². The van der Waals surface area contributed by atoms with Gasteiger partial charge in [0.1, 0.15) is 0 Å². The van der Waals surface area contributed by atoms with Gasteiger partial charge in [-0.3, -0.25) is 9.59 Å². The fraction of sp³-hybridized carbons (Fsp3) is 0.333. The third kappa shape index (κ3) is 7.89. The van der Waals surface area contributed by atoms with Crippen LogP contribution in [0.4, 0.5) is 0 Å². The number of hydrogen-bond donors (Lipinski definition) is 0. The molecule has 0 aromatic heterocycles. The Hall–Kier alpha value is -2.56. The summed E-state index contributed by atoms with van der Waals surface area (Å²) in [5, 5.41) is 0.0817. The van der Waals surface area contributed by atoms with E-state index in [0.29, 0.717) is 24.0 Å². The van der Waals surface area contributed by atoms with Gasteiger partial charge in [-0.25, -0.2) is 0 Å². The highest BCUT2D eigenvalue weighted by Gasteiger charge is 2.38. The van der Waals surface area contributed by atoms with Crippen LogP contribution in [0.3, 0.4) is 0 Å². The lowest BCUT2D eigenvalue weighted by Gasteiger charge is -2.39. The van der Waals surface area contributed by atoms with E-state index in [1.54, 1.807) is 12.2 Å². The summed E-state index contributed by atoms with van der Waals surface area (Å²) in [5.41, 5.74) is 1.35. The molecule has 0 unspecified atom stereocenters. The Morgan fingerprint density at radius 3 is 1.55 bits per heavy atom. The van der Waals surface area contributed by atoms with E-state index < -0.39 is 8.32 Å². The summed E-state index contributed by atoms with van der Waals surface area (Å²) in [6.45, 7) is 11.1. The van der Waals surface area contributed by atoms with Gasteiger partial charge in [0, 0.05) is 11.1 Å². The third-order valence-corrected chi connectivity index (χ3v) is 10.3. The molecule has 0 bridgehead atoms. The molecule has 164 valence electrons. The molecule has 3 nitrogen and oxygen atoms in total. The van der Waals surface area contributed by atoms with Gasteiger partial charge >= 0.3 is 0 Å². The average Bonchev–Trinajstić information content (AvgIpc) is 2.73. The molecule has 4 heteroatoms. The van der Waals surface area contributed by atoms with Crippen molar-refractivity contribution < 1.29 is 14.0 Å². The molecule has 0 atom stereocenters. The Balaban J connectivity index is 2.07. The zero-order chi connectivity index (χ0) is 22.9. The van der Waals surface area contributed by atoms with E-state index in [0.717, 1.165) is 0 Å². The van der Waals surface area contributed by atoms with Crippen LogP contribution in [0, 0.1) is 0 Å². The molecule has 0 radical (unpaired) electrons. The molecule has 0 fully saturated rings. The fourth-order valence-electron chi connectivity index (χ4n) is 2.84. The molecular formula is C27H34O3Si. The van der Waals surface area contributed by atoms with E-state index in [-0.39, 0.29) is 22.7 Å². The summed E-state index contributed by atoms with van der Waals surface area (Å²) >= 11 is 0. The van der Waals surface area contributed by atoms with Gasteiger partial charge in [-0.1, -0.05) is 93.6 Å². The van der Waals surface area contributed by atoms with Crippen molar-refractivity contribution in [2.24, 2.45) is 0 Å². The van der Waals surface area contributed by atoms with Crippen LogP contribution in [-0.4, -0.2) is 26.0 Å². The van der Waals surface area contributed by atoms with Crippen LogP contribution in [0.15, 0.2) is 85.0 Å². The molecule has 0 N–H and O–H groups in total. The van der Waals surface area contributed by atoms with Crippen LogP contribution in [-0.2, 0) is 4.43 Å². The van der Waals surface area contributed by atoms with Crippen molar-refractivity contribution >= 4 is 19.9 Å². The van der Waals surface area contributed by atoms with Crippen molar-refractivity contribution in [1.29, 1.82) is 0 Å². The van der Waals surface area contributed by atoms with Crippen LogP contribution in [0.2, 0.25) is 18.1 Å². The molecule has 0 spiro atoms. The van der Waals surface area contributed by atoms with Crippen molar-refractivity contribution in [3.8, 4) is 0 Å². The number of benzene rings is 2. The number of hydrogen-bond acceptors (Lipinski definition) is 3. The Kier molecular flexibility index (Phi) is 8.90. The molecule has 0 aliphatic carbocycles. The SMILES string of the molecule is CC(C)(C)[Si](C)(C)OC(C/C=C/C(=O)c1ccccc1)C/C=C/C(=O)c1ccccc1. The molecule has 0 aliphatic rings. The van der Waals surface area contributed by atoms with Crippen molar-refractivity contribution in [2.75, 3.05) is 0 Å². The van der Waals surface area contributed by atoms with Crippen molar-refractivity contribution in [3.63, 3.8) is 0 Å². The predicted molar refractivity (Wildman–Crippen MR) is 131 cm³/mol. The summed E-state index contributed by atoms with van der Waals surface area (Å²) in [6, 6.07) is 18.5. The minimum atomic E-state index is -1.99. The van der Waals surface area contributed by atoms with Crippen LogP contribution < -0.4 is 0 Å². The minimum absolute atomic E-state index is 0.0125. The Morgan fingerprint density at radius 1 is 0.806 bits per heavy atom. The van der Waals surface area contributed by atoms with Gasteiger partial charge < -0.3 is 4.43 Å². The van der Waals surface area contributed by atoms with E-state index in [1.165, 1.54) is 0 Å². The van der Waals surface area contributed by atoms with Gasteiger partial charge in [0.15, 0.2) is 19.9 Å². The second-order valence-electron chi connectivity index (χ2n) is 9.24. The van der Waals surface area contributed by atoms with Gasteiger partial charge in [0.05, 0.1) is 6.10 Å². The summed E-state index contributed by atoms with van der Waals surface area (Å²) in [4.78, 5) is 24.7. The second kappa shape index (κ2) is 11.2. The number of carbonyl (C=O) groups is 2. The van der Waals surface area contributed by atoms with Gasteiger partial charge in [0.25, 0.3) is 0 Å². The highest BCUT2D eigenvalue weighted by Crippen LogP contribution is 2.38. The molecule has 0 amide bonds. The molecule has 2 aromatic rings.